The van der Waals surface area contributed by atoms with Crippen LogP contribution in [0.25, 0.3) is 11.0 Å². The summed E-state index contributed by atoms with van der Waals surface area (Å²) < 4.78 is 5.64. The highest BCUT2D eigenvalue weighted by Gasteiger charge is 2.40. The van der Waals surface area contributed by atoms with E-state index in [1.54, 1.807) is 6.20 Å². The minimum atomic E-state index is -0.432. The third kappa shape index (κ3) is 2.77. The smallest absolute Gasteiger partial charge is 0.161 e. The maximum atomic E-state index is 9.89. The van der Waals surface area contributed by atoms with Gasteiger partial charge in [0.1, 0.15) is 5.82 Å². The van der Waals surface area contributed by atoms with Gasteiger partial charge in [0.2, 0.25) is 0 Å². The van der Waals surface area contributed by atoms with Crippen LogP contribution in [0.2, 0.25) is 0 Å². The van der Waals surface area contributed by atoms with E-state index >= 15 is 0 Å². The number of hydrogen-bond acceptors (Lipinski definition) is 6. The zero-order valence-corrected chi connectivity index (χ0v) is 13.0. The molecule has 3 rings (SSSR count). The fourth-order valence-corrected chi connectivity index (χ4v) is 2.80. The second-order valence-corrected chi connectivity index (χ2v) is 5.96. The first-order chi connectivity index (χ1) is 10.6. The van der Waals surface area contributed by atoms with Crippen molar-refractivity contribution in [2.45, 2.75) is 18.5 Å². The third-order valence-electron chi connectivity index (χ3n) is 4.50. The molecule has 1 fully saturated rings. The fraction of sp³-hybridized carbons (Fsp3) is 0.500. The lowest BCUT2D eigenvalue weighted by Gasteiger charge is -2.47. The van der Waals surface area contributed by atoms with Crippen LogP contribution >= 0.6 is 0 Å². The molecule has 6 nitrogen and oxygen atoms in total. The van der Waals surface area contributed by atoms with Crippen LogP contribution in [0.3, 0.4) is 0 Å². The second kappa shape index (κ2) is 6.16. The molecule has 0 unspecified atom stereocenters. The minimum absolute atomic E-state index is 0.0344. The lowest BCUT2D eigenvalue weighted by molar-refractivity contribution is -0.101. The molecule has 0 spiro atoms. The van der Waals surface area contributed by atoms with Gasteiger partial charge in [0.25, 0.3) is 0 Å². The highest BCUT2D eigenvalue weighted by molar-refractivity contribution is 5.76. The summed E-state index contributed by atoms with van der Waals surface area (Å²) in [6.45, 7) is 3.89. The third-order valence-corrected chi connectivity index (χ3v) is 4.50. The van der Waals surface area contributed by atoms with Crippen LogP contribution in [0.15, 0.2) is 30.5 Å². The summed E-state index contributed by atoms with van der Waals surface area (Å²) in [4.78, 5) is 11.0. The SMILES string of the molecule is C[C@@H]1COC[C@@](CO)(CNc2ccc3cccnc3n2)N1C. The van der Waals surface area contributed by atoms with Gasteiger partial charge < -0.3 is 15.2 Å². The van der Waals surface area contributed by atoms with Crippen molar-refractivity contribution >= 4 is 16.9 Å². The van der Waals surface area contributed by atoms with Gasteiger partial charge in [0.05, 0.1) is 25.4 Å². The predicted molar refractivity (Wildman–Crippen MR) is 85.9 cm³/mol. The molecular weight excluding hydrogens is 280 g/mol. The minimum Gasteiger partial charge on any atom is -0.394 e. The van der Waals surface area contributed by atoms with E-state index in [0.717, 1.165) is 11.2 Å². The lowest BCUT2D eigenvalue weighted by atomic mass is 9.96. The van der Waals surface area contributed by atoms with Crippen molar-refractivity contribution in [2.75, 3.05) is 38.7 Å². The Balaban J connectivity index is 1.76. The van der Waals surface area contributed by atoms with E-state index in [4.69, 9.17) is 4.74 Å². The number of hydrogen-bond donors (Lipinski definition) is 2. The summed E-state index contributed by atoms with van der Waals surface area (Å²) in [5.41, 5.74) is 0.283. The number of aliphatic hydroxyl groups is 1. The molecular formula is C16H22N4O2. The number of nitrogens with one attached hydrogen (secondary N) is 1. The molecule has 1 aliphatic rings. The summed E-state index contributed by atoms with van der Waals surface area (Å²) in [6, 6.07) is 8.08. The second-order valence-electron chi connectivity index (χ2n) is 5.96. The van der Waals surface area contributed by atoms with Gasteiger partial charge in [-0.15, -0.1) is 0 Å². The van der Waals surface area contributed by atoms with E-state index in [1.165, 1.54) is 0 Å². The Labute approximate surface area is 130 Å². The number of fused-ring (bicyclic) bond motifs is 1. The van der Waals surface area contributed by atoms with Gasteiger partial charge >= 0.3 is 0 Å². The molecule has 2 atom stereocenters. The Morgan fingerprint density at radius 1 is 1.45 bits per heavy atom. The highest BCUT2D eigenvalue weighted by Crippen LogP contribution is 2.23. The molecule has 0 amide bonds. The number of nitrogens with zero attached hydrogens (tertiary/aromatic N) is 3. The maximum absolute atomic E-state index is 9.89. The Hall–Kier alpha value is -1.76. The van der Waals surface area contributed by atoms with Gasteiger partial charge in [-0.25, -0.2) is 9.97 Å². The van der Waals surface area contributed by atoms with Crippen LogP contribution in [0, 0.1) is 0 Å². The fourth-order valence-electron chi connectivity index (χ4n) is 2.80. The largest absolute Gasteiger partial charge is 0.394 e. The molecule has 118 valence electrons. The number of aromatic nitrogens is 2. The highest BCUT2D eigenvalue weighted by atomic mass is 16.5. The van der Waals surface area contributed by atoms with Crippen molar-refractivity contribution in [1.82, 2.24) is 14.9 Å². The number of ether oxygens (including phenoxy) is 1. The van der Waals surface area contributed by atoms with Crippen molar-refractivity contribution in [2.24, 2.45) is 0 Å². The number of rotatable bonds is 4. The average molecular weight is 302 g/mol. The summed E-state index contributed by atoms with van der Waals surface area (Å²) in [6.07, 6.45) is 1.73. The molecule has 2 aromatic rings. The molecule has 0 bridgehead atoms. The van der Waals surface area contributed by atoms with Crippen LogP contribution < -0.4 is 5.32 Å². The molecule has 1 saturated heterocycles. The molecule has 2 aromatic heterocycles. The first-order valence-corrected chi connectivity index (χ1v) is 7.52. The van der Waals surface area contributed by atoms with Gasteiger partial charge in [-0.05, 0) is 38.2 Å². The number of anilines is 1. The molecule has 0 radical (unpaired) electrons. The zero-order chi connectivity index (χ0) is 15.6. The van der Waals surface area contributed by atoms with E-state index in [0.29, 0.717) is 25.4 Å². The standard InChI is InChI=1S/C16H22N4O2/c1-12-8-22-11-16(10-21,20(12)2)9-18-14-6-5-13-4-3-7-17-15(13)19-14/h3-7,12,21H,8-11H2,1-2H3,(H,17,18,19)/t12-,16+/m1/s1. The van der Waals surface area contributed by atoms with Crippen molar-refractivity contribution in [3.8, 4) is 0 Å². The summed E-state index contributed by atoms with van der Waals surface area (Å²) in [5.74, 6) is 0.755. The number of likely N-dealkylation sites (N-methyl/N-ethyl adjacent to an activating group) is 1. The van der Waals surface area contributed by atoms with Crippen LogP contribution in [-0.2, 0) is 4.74 Å². The monoisotopic (exact) mass is 302 g/mol. The normalized spacial score (nSPS) is 26.2. The molecule has 3 heterocycles. The Morgan fingerprint density at radius 3 is 3.14 bits per heavy atom. The van der Waals surface area contributed by atoms with E-state index in [-0.39, 0.29) is 12.6 Å². The van der Waals surface area contributed by atoms with Crippen LogP contribution in [0.1, 0.15) is 6.92 Å². The van der Waals surface area contributed by atoms with Gasteiger partial charge in [0.15, 0.2) is 5.65 Å². The molecule has 6 heteroatoms. The first kappa shape index (κ1) is 15.1. The first-order valence-electron chi connectivity index (χ1n) is 7.52. The number of pyridine rings is 2. The van der Waals surface area contributed by atoms with Gasteiger partial charge in [-0.2, -0.15) is 0 Å². The van der Waals surface area contributed by atoms with Crippen molar-refractivity contribution < 1.29 is 9.84 Å². The molecule has 2 N–H and O–H groups in total. The number of morpholine rings is 1. The molecule has 0 aliphatic carbocycles. The average Bonchev–Trinajstić information content (AvgIpc) is 2.56. The molecule has 1 aliphatic heterocycles. The van der Waals surface area contributed by atoms with Gasteiger partial charge in [0, 0.05) is 24.2 Å². The summed E-state index contributed by atoms with van der Waals surface area (Å²) in [5, 5.41) is 14.2. The van der Waals surface area contributed by atoms with Gasteiger partial charge in [-0.1, -0.05) is 0 Å². The Morgan fingerprint density at radius 2 is 2.32 bits per heavy atom. The van der Waals surface area contributed by atoms with Crippen molar-refractivity contribution in [3.63, 3.8) is 0 Å². The summed E-state index contributed by atoms with van der Waals surface area (Å²) in [7, 11) is 2.03. The van der Waals surface area contributed by atoms with E-state index in [1.807, 2.05) is 31.3 Å². The molecule has 22 heavy (non-hydrogen) atoms. The predicted octanol–water partition coefficient (Wildman–Crippen LogP) is 1.12. The molecule has 0 saturated carbocycles. The quantitative estimate of drug-likeness (QED) is 0.882. The maximum Gasteiger partial charge on any atom is 0.161 e. The Bertz CT molecular complexity index is 651. The number of aliphatic hydroxyl groups excluding tert-OH is 1. The van der Waals surface area contributed by atoms with E-state index in [2.05, 4.69) is 27.1 Å². The van der Waals surface area contributed by atoms with Crippen LogP contribution in [-0.4, -0.2) is 65.0 Å². The van der Waals surface area contributed by atoms with Crippen molar-refractivity contribution in [3.05, 3.63) is 30.5 Å². The summed E-state index contributed by atoms with van der Waals surface area (Å²) >= 11 is 0. The van der Waals surface area contributed by atoms with E-state index in [9.17, 15) is 5.11 Å². The molecule has 0 aromatic carbocycles. The lowest BCUT2D eigenvalue weighted by Crippen LogP contribution is -2.64. The van der Waals surface area contributed by atoms with E-state index < -0.39 is 5.54 Å². The van der Waals surface area contributed by atoms with Crippen LogP contribution in [0.4, 0.5) is 5.82 Å². The Kier molecular flexibility index (Phi) is 4.24. The zero-order valence-electron chi connectivity index (χ0n) is 13.0. The topological polar surface area (TPSA) is 70.5 Å². The van der Waals surface area contributed by atoms with Crippen molar-refractivity contribution in [1.29, 1.82) is 0 Å². The van der Waals surface area contributed by atoms with Gasteiger partial charge in [-0.3, -0.25) is 4.90 Å². The van der Waals surface area contributed by atoms with Crippen LogP contribution in [0.5, 0.6) is 0 Å².